The highest BCUT2D eigenvalue weighted by molar-refractivity contribution is 5.98. The first-order valence-corrected chi connectivity index (χ1v) is 16.9. The number of anilines is 2. The molecule has 12 nitrogen and oxygen atoms in total. The fourth-order valence-electron chi connectivity index (χ4n) is 6.17. The van der Waals surface area contributed by atoms with Gasteiger partial charge in [0.1, 0.15) is 11.3 Å². The topological polar surface area (TPSA) is 135 Å². The van der Waals surface area contributed by atoms with E-state index in [1.807, 2.05) is 24.3 Å². The molecule has 1 fully saturated rings. The number of carbonyl (C=O) groups excluding carboxylic acids is 2. The Balaban J connectivity index is 1.06. The minimum atomic E-state index is -1.01. The van der Waals surface area contributed by atoms with Crippen molar-refractivity contribution in [1.29, 1.82) is 0 Å². The van der Waals surface area contributed by atoms with Crippen LogP contribution in [0.5, 0.6) is 5.75 Å². The normalized spacial score (nSPS) is 13.8. The average Bonchev–Trinajstić information content (AvgIpc) is 3.34. The second kappa shape index (κ2) is 15.6. The maximum atomic E-state index is 13.7. The van der Waals surface area contributed by atoms with Crippen LogP contribution < -0.4 is 26.2 Å². The van der Waals surface area contributed by atoms with Crippen LogP contribution in [0.15, 0.2) is 71.7 Å². The number of benzene rings is 3. The first-order chi connectivity index (χ1) is 25.0. The van der Waals surface area contributed by atoms with Gasteiger partial charge in [0.25, 0.3) is 17.4 Å². The summed E-state index contributed by atoms with van der Waals surface area (Å²) >= 11 is 0. The smallest absolute Gasteiger partial charge is 0.280 e. The predicted molar refractivity (Wildman–Crippen MR) is 195 cm³/mol. The number of rotatable bonds is 11. The number of carbonyl (C=O) groups is 2. The Morgan fingerprint density at radius 3 is 2.54 bits per heavy atom. The van der Waals surface area contributed by atoms with E-state index in [0.717, 1.165) is 49.0 Å². The highest BCUT2D eigenvalue weighted by atomic mass is 19.2. The number of likely N-dealkylation sites (tertiary alicyclic amines) is 1. The maximum absolute atomic E-state index is 13.7. The van der Waals surface area contributed by atoms with Gasteiger partial charge in [0.05, 0.1) is 24.7 Å². The third-order valence-corrected chi connectivity index (χ3v) is 9.25. The SMILES string of the molecule is COc1cc(Nc2ncc3cc(C=CCNC(=O)c4c(C)n(C)n(Cc5ccc(F)c(F)c5)c4=O)ccc3n2)ccc1C(=O)NC1CCN(C)CC1. The van der Waals surface area contributed by atoms with Gasteiger partial charge in [0.2, 0.25) is 5.95 Å². The first-order valence-electron chi connectivity index (χ1n) is 16.9. The summed E-state index contributed by atoms with van der Waals surface area (Å²) in [5.41, 5.74) is 2.98. The molecule has 6 rings (SSSR count). The number of halogens is 2. The number of hydrogen-bond acceptors (Lipinski definition) is 8. The van der Waals surface area contributed by atoms with Crippen molar-refractivity contribution in [3.63, 3.8) is 0 Å². The molecule has 2 aromatic heterocycles. The van der Waals surface area contributed by atoms with Gasteiger partial charge in [-0.05, 0) is 87.4 Å². The summed E-state index contributed by atoms with van der Waals surface area (Å²) in [5, 5.41) is 9.86. The van der Waals surface area contributed by atoms with Crippen molar-refractivity contribution < 1.29 is 23.1 Å². The van der Waals surface area contributed by atoms with Gasteiger partial charge in [-0.1, -0.05) is 24.3 Å². The number of piperidine rings is 1. The molecule has 14 heteroatoms. The summed E-state index contributed by atoms with van der Waals surface area (Å²) in [6.07, 6.45) is 7.12. The zero-order chi connectivity index (χ0) is 36.9. The molecule has 2 amide bonds. The third kappa shape index (κ3) is 8.02. The standard InChI is InChI=1S/C38H40F2N8O4/c1-23-34(37(51)48(47(23)3)22-25-7-11-30(39)31(40)19-25)36(50)41-15-5-6-24-8-12-32-26(18-24)21-42-38(45-32)44-28-9-10-29(33(20-28)52-4)35(49)43-27-13-16-46(2)17-14-27/h5-12,18-21,27H,13-17,22H2,1-4H3,(H,41,50)(H,43,49)(H,42,44,45). The van der Waals surface area contributed by atoms with Crippen LogP contribution in [0.25, 0.3) is 17.0 Å². The number of amides is 2. The minimum absolute atomic E-state index is 0.0198. The Kier molecular flexibility index (Phi) is 10.7. The van der Waals surface area contributed by atoms with Crippen molar-refractivity contribution >= 4 is 40.4 Å². The number of methoxy groups -OCH3 is 1. The van der Waals surface area contributed by atoms with Crippen LogP contribution in [0.2, 0.25) is 0 Å². The third-order valence-electron chi connectivity index (χ3n) is 9.25. The summed E-state index contributed by atoms with van der Waals surface area (Å²) < 4.78 is 35.4. The highest BCUT2D eigenvalue weighted by Crippen LogP contribution is 2.26. The minimum Gasteiger partial charge on any atom is -0.496 e. The van der Waals surface area contributed by atoms with Gasteiger partial charge < -0.3 is 25.6 Å². The van der Waals surface area contributed by atoms with Gasteiger partial charge in [0, 0.05) is 48.7 Å². The molecule has 0 aliphatic carbocycles. The summed E-state index contributed by atoms with van der Waals surface area (Å²) in [4.78, 5) is 50.4. The summed E-state index contributed by atoms with van der Waals surface area (Å²) in [5.74, 6) is -1.86. The Labute approximate surface area is 299 Å². The molecule has 0 saturated carbocycles. The molecular weight excluding hydrogens is 670 g/mol. The number of hydrogen-bond donors (Lipinski definition) is 3. The van der Waals surface area contributed by atoms with Crippen LogP contribution >= 0.6 is 0 Å². The van der Waals surface area contributed by atoms with Gasteiger partial charge in [-0.15, -0.1) is 0 Å². The van der Waals surface area contributed by atoms with Crippen LogP contribution in [0.4, 0.5) is 20.4 Å². The van der Waals surface area contributed by atoms with Gasteiger partial charge in [-0.25, -0.2) is 23.4 Å². The van der Waals surface area contributed by atoms with Crippen molar-refractivity contribution in [3.8, 4) is 5.75 Å². The highest BCUT2D eigenvalue weighted by Gasteiger charge is 2.22. The maximum Gasteiger partial charge on any atom is 0.280 e. The Morgan fingerprint density at radius 1 is 1.00 bits per heavy atom. The molecule has 1 aliphatic rings. The molecular formula is C38H40F2N8O4. The Bertz CT molecular complexity index is 2220. The zero-order valence-corrected chi connectivity index (χ0v) is 29.4. The van der Waals surface area contributed by atoms with E-state index in [1.54, 1.807) is 44.4 Å². The molecule has 0 bridgehead atoms. The molecule has 52 heavy (non-hydrogen) atoms. The van der Waals surface area contributed by atoms with E-state index in [0.29, 0.717) is 39.7 Å². The molecule has 3 aromatic carbocycles. The number of fused-ring (bicyclic) bond motifs is 1. The van der Waals surface area contributed by atoms with E-state index in [9.17, 15) is 23.2 Å². The molecule has 0 unspecified atom stereocenters. The van der Waals surface area contributed by atoms with Crippen LogP contribution in [-0.4, -0.2) is 75.9 Å². The first kappa shape index (κ1) is 35.9. The quantitative estimate of drug-likeness (QED) is 0.178. The molecule has 3 heterocycles. The summed E-state index contributed by atoms with van der Waals surface area (Å²) in [7, 11) is 5.24. The second-order valence-corrected chi connectivity index (χ2v) is 12.8. The Hall–Kier alpha value is -5.89. The number of nitrogens with one attached hydrogen (secondary N) is 3. The Morgan fingerprint density at radius 2 is 1.79 bits per heavy atom. The molecule has 1 aliphatic heterocycles. The molecule has 1 saturated heterocycles. The fraction of sp³-hybridized carbons (Fsp3) is 0.289. The average molecular weight is 711 g/mol. The van der Waals surface area contributed by atoms with Crippen molar-refractivity contribution in [2.24, 2.45) is 7.05 Å². The van der Waals surface area contributed by atoms with E-state index < -0.39 is 23.1 Å². The molecule has 3 N–H and O–H groups in total. The summed E-state index contributed by atoms with van der Waals surface area (Å²) in [6.45, 7) is 3.69. The molecule has 0 radical (unpaired) electrons. The van der Waals surface area contributed by atoms with E-state index in [-0.39, 0.29) is 30.6 Å². The van der Waals surface area contributed by atoms with Crippen molar-refractivity contribution in [2.75, 3.05) is 39.1 Å². The van der Waals surface area contributed by atoms with Crippen LogP contribution in [0, 0.1) is 18.6 Å². The zero-order valence-electron chi connectivity index (χ0n) is 29.4. The van der Waals surface area contributed by atoms with E-state index in [2.05, 4.69) is 37.9 Å². The van der Waals surface area contributed by atoms with Gasteiger partial charge >= 0.3 is 0 Å². The lowest BCUT2D eigenvalue weighted by Crippen LogP contribution is -2.43. The van der Waals surface area contributed by atoms with Crippen molar-refractivity contribution in [2.45, 2.75) is 32.4 Å². The second-order valence-electron chi connectivity index (χ2n) is 12.8. The number of nitrogens with zero attached hydrogens (tertiary/aromatic N) is 5. The van der Waals surface area contributed by atoms with Crippen molar-refractivity contribution in [3.05, 3.63) is 117 Å². The van der Waals surface area contributed by atoms with Crippen LogP contribution in [-0.2, 0) is 13.6 Å². The molecule has 0 atom stereocenters. The van der Waals surface area contributed by atoms with E-state index in [1.165, 1.54) is 22.5 Å². The summed E-state index contributed by atoms with van der Waals surface area (Å²) in [6, 6.07) is 14.5. The largest absolute Gasteiger partial charge is 0.496 e. The van der Waals surface area contributed by atoms with Crippen LogP contribution in [0.3, 0.4) is 0 Å². The fourth-order valence-corrected chi connectivity index (χ4v) is 6.17. The predicted octanol–water partition coefficient (Wildman–Crippen LogP) is 4.78. The monoisotopic (exact) mass is 710 g/mol. The lowest BCUT2D eigenvalue weighted by atomic mass is 10.0. The van der Waals surface area contributed by atoms with E-state index >= 15 is 0 Å². The molecule has 0 spiro atoms. The van der Waals surface area contributed by atoms with E-state index in [4.69, 9.17) is 4.74 Å². The lowest BCUT2D eigenvalue weighted by molar-refractivity contribution is 0.0912. The van der Waals surface area contributed by atoms with Gasteiger partial charge in [-0.2, -0.15) is 0 Å². The van der Waals surface area contributed by atoms with Crippen LogP contribution in [0.1, 0.15) is 50.4 Å². The lowest BCUT2D eigenvalue weighted by Gasteiger charge is -2.29. The van der Waals surface area contributed by atoms with Crippen molar-refractivity contribution in [1.82, 2.24) is 34.9 Å². The molecule has 270 valence electrons. The number of aromatic nitrogens is 4. The molecule has 5 aromatic rings. The van der Waals surface area contributed by atoms with Gasteiger partial charge in [-0.3, -0.25) is 19.1 Å². The van der Waals surface area contributed by atoms with Gasteiger partial charge in [0.15, 0.2) is 11.6 Å². The number of ether oxygens (including phenoxy) is 1.